The van der Waals surface area contributed by atoms with E-state index in [2.05, 4.69) is 20.8 Å². The fourth-order valence-corrected chi connectivity index (χ4v) is 3.38. The highest BCUT2D eigenvalue weighted by molar-refractivity contribution is 6.35. The highest BCUT2D eigenvalue weighted by Gasteiger charge is 2.13. The van der Waals surface area contributed by atoms with Crippen molar-refractivity contribution in [3.63, 3.8) is 0 Å². The van der Waals surface area contributed by atoms with Gasteiger partial charge in [0, 0.05) is 17.1 Å². The number of aliphatic imine (C=N–C) groups is 1. The molecule has 2 N–H and O–H groups in total. The van der Waals surface area contributed by atoms with E-state index < -0.39 is 0 Å². The molecule has 0 saturated heterocycles. The summed E-state index contributed by atoms with van der Waals surface area (Å²) in [5.41, 5.74) is 2.07. The van der Waals surface area contributed by atoms with Gasteiger partial charge in [-0.3, -0.25) is 0 Å². The summed E-state index contributed by atoms with van der Waals surface area (Å²) in [5.74, 6) is 2.35. The first-order valence-electron chi connectivity index (χ1n) is 9.32. The van der Waals surface area contributed by atoms with Crippen molar-refractivity contribution in [3.8, 4) is 0 Å². The molecule has 8 heteroatoms. The van der Waals surface area contributed by atoms with Crippen LogP contribution in [0.5, 0.6) is 0 Å². The highest BCUT2D eigenvalue weighted by atomic mass is 35.5. The van der Waals surface area contributed by atoms with Gasteiger partial charge in [0.05, 0.1) is 19.1 Å². The lowest BCUT2D eigenvalue weighted by molar-refractivity contribution is 0.664. The molecule has 1 atom stereocenters. The van der Waals surface area contributed by atoms with Crippen molar-refractivity contribution in [1.82, 2.24) is 25.4 Å². The molecule has 0 aliphatic carbocycles. The molecule has 1 heterocycles. The lowest BCUT2D eigenvalue weighted by Crippen LogP contribution is -2.39. The van der Waals surface area contributed by atoms with Gasteiger partial charge in [0.15, 0.2) is 11.8 Å². The molecule has 0 amide bonds. The Bertz CT molecular complexity index is 984. The summed E-state index contributed by atoms with van der Waals surface area (Å²) < 4.78 is 1.95. The summed E-state index contributed by atoms with van der Waals surface area (Å²) in [7, 11) is 1.94. The second-order valence-electron chi connectivity index (χ2n) is 6.76. The van der Waals surface area contributed by atoms with E-state index in [1.807, 2.05) is 67.9 Å². The lowest BCUT2D eigenvalue weighted by atomic mass is 10.1. The van der Waals surface area contributed by atoms with E-state index in [4.69, 9.17) is 28.2 Å². The molecule has 0 aliphatic heterocycles. The van der Waals surface area contributed by atoms with Crippen LogP contribution in [0, 0.1) is 6.92 Å². The molecule has 152 valence electrons. The largest absolute Gasteiger partial charge is 0.350 e. The summed E-state index contributed by atoms with van der Waals surface area (Å²) in [6.07, 6.45) is 0. The standard InChI is InChI=1S/C21H24Cl2N6/c1-14(18-10-9-17(22)11-19(18)23)26-21(24-12-16-7-5-4-6-8-16)25-13-20-28-27-15(2)29(20)3/h4-11,14H,12-13H2,1-3H3,(H2,24,25,26). The number of guanidine groups is 1. The maximum Gasteiger partial charge on any atom is 0.192 e. The van der Waals surface area contributed by atoms with Gasteiger partial charge in [0.1, 0.15) is 5.82 Å². The molecule has 2 aromatic carbocycles. The van der Waals surface area contributed by atoms with E-state index in [1.165, 1.54) is 0 Å². The minimum absolute atomic E-state index is 0.0666. The molecule has 29 heavy (non-hydrogen) atoms. The highest BCUT2D eigenvalue weighted by Crippen LogP contribution is 2.26. The Morgan fingerprint density at radius 1 is 1.14 bits per heavy atom. The van der Waals surface area contributed by atoms with Crippen LogP contribution in [-0.4, -0.2) is 20.7 Å². The molecule has 6 nitrogen and oxygen atoms in total. The number of aryl methyl sites for hydroxylation is 1. The number of hydrogen-bond acceptors (Lipinski definition) is 3. The number of hydrogen-bond donors (Lipinski definition) is 2. The van der Waals surface area contributed by atoms with Crippen molar-refractivity contribution in [2.45, 2.75) is 33.0 Å². The van der Waals surface area contributed by atoms with Crippen molar-refractivity contribution in [1.29, 1.82) is 0 Å². The van der Waals surface area contributed by atoms with Crippen LogP contribution in [0.3, 0.4) is 0 Å². The number of benzene rings is 2. The van der Waals surface area contributed by atoms with Crippen LogP contribution in [0.25, 0.3) is 0 Å². The minimum Gasteiger partial charge on any atom is -0.350 e. The molecular weight excluding hydrogens is 407 g/mol. The van der Waals surface area contributed by atoms with Crippen LogP contribution in [0.4, 0.5) is 0 Å². The normalized spacial score (nSPS) is 12.7. The third-order valence-corrected chi connectivity index (χ3v) is 5.20. The van der Waals surface area contributed by atoms with E-state index in [9.17, 15) is 0 Å². The van der Waals surface area contributed by atoms with Gasteiger partial charge >= 0.3 is 0 Å². The van der Waals surface area contributed by atoms with Crippen LogP contribution in [-0.2, 0) is 20.1 Å². The molecule has 0 bridgehead atoms. The van der Waals surface area contributed by atoms with Crippen molar-refractivity contribution in [2.24, 2.45) is 12.0 Å². The fourth-order valence-electron chi connectivity index (χ4n) is 2.81. The number of nitrogens with one attached hydrogen (secondary N) is 2. The van der Waals surface area contributed by atoms with E-state index in [0.29, 0.717) is 29.1 Å². The van der Waals surface area contributed by atoms with Crippen molar-refractivity contribution < 1.29 is 0 Å². The van der Waals surface area contributed by atoms with Crippen molar-refractivity contribution in [3.05, 3.63) is 81.4 Å². The van der Waals surface area contributed by atoms with E-state index >= 15 is 0 Å². The fraction of sp³-hybridized carbons (Fsp3) is 0.286. The summed E-state index contributed by atoms with van der Waals surface area (Å²) in [4.78, 5) is 4.73. The average molecular weight is 431 g/mol. The van der Waals surface area contributed by atoms with Crippen LogP contribution in [0.1, 0.15) is 35.7 Å². The number of halogens is 2. The van der Waals surface area contributed by atoms with Gasteiger partial charge in [0.25, 0.3) is 0 Å². The molecule has 1 aromatic heterocycles. The molecular formula is C21H24Cl2N6. The number of nitrogens with zero attached hydrogens (tertiary/aromatic N) is 4. The Balaban J connectivity index is 1.76. The second-order valence-corrected chi connectivity index (χ2v) is 7.60. The predicted molar refractivity (Wildman–Crippen MR) is 118 cm³/mol. The zero-order valence-electron chi connectivity index (χ0n) is 16.7. The molecule has 3 rings (SSSR count). The Kier molecular flexibility index (Phi) is 7.12. The van der Waals surface area contributed by atoms with Crippen LogP contribution >= 0.6 is 23.2 Å². The monoisotopic (exact) mass is 430 g/mol. The predicted octanol–water partition coefficient (Wildman–Crippen LogP) is 4.43. The van der Waals surface area contributed by atoms with Crippen molar-refractivity contribution in [2.75, 3.05) is 0 Å². The van der Waals surface area contributed by atoms with E-state index in [-0.39, 0.29) is 6.04 Å². The Morgan fingerprint density at radius 3 is 2.55 bits per heavy atom. The lowest BCUT2D eigenvalue weighted by Gasteiger charge is -2.20. The molecule has 3 aromatic rings. The first-order valence-corrected chi connectivity index (χ1v) is 10.1. The third kappa shape index (κ3) is 5.71. The molecule has 0 spiro atoms. The maximum absolute atomic E-state index is 6.37. The van der Waals surface area contributed by atoms with Gasteiger partial charge in [0.2, 0.25) is 0 Å². The zero-order valence-corrected chi connectivity index (χ0v) is 18.2. The van der Waals surface area contributed by atoms with Gasteiger partial charge in [-0.2, -0.15) is 0 Å². The number of rotatable bonds is 6. The zero-order chi connectivity index (χ0) is 20.8. The van der Waals surface area contributed by atoms with Gasteiger partial charge in [-0.25, -0.2) is 4.99 Å². The summed E-state index contributed by atoms with van der Waals surface area (Å²) in [6, 6.07) is 15.5. The molecule has 0 radical (unpaired) electrons. The van der Waals surface area contributed by atoms with Gasteiger partial charge < -0.3 is 15.2 Å². The first-order chi connectivity index (χ1) is 13.9. The van der Waals surface area contributed by atoms with Crippen LogP contribution in [0.2, 0.25) is 10.0 Å². The second kappa shape index (κ2) is 9.76. The molecule has 0 saturated carbocycles. The van der Waals surface area contributed by atoms with E-state index in [1.54, 1.807) is 6.07 Å². The van der Waals surface area contributed by atoms with Gasteiger partial charge in [-0.1, -0.05) is 59.6 Å². The smallest absolute Gasteiger partial charge is 0.192 e. The van der Waals surface area contributed by atoms with E-state index in [0.717, 1.165) is 22.8 Å². The average Bonchev–Trinajstić information content (AvgIpc) is 3.02. The molecule has 0 aliphatic rings. The SMILES string of the molecule is Cc1nnc(CNC(=NCc2ccccc2)NC(C)c2ccc(Cl)cc2Cl)n1C. The first kappa shape index (κ1) is 21.1. The number of aromatic nitrogens is 3. The molecule has 1 unspecified atom stereocenters. The van der Waals surface area contributed by atoms with Gasteiger partial charge in [-0.05, 0) is 37.1 Å². The maximum atomic E-state index is 6.37. The quantitative estimate of drug-likeness (QED) is 0.448. The Hall–Kier alpha value is -2.57. The Labute approximate surface area is 181 Å². The summed E-state index contributed by atoms with van der Waals surface area (Å²) >= 11 is 12.4. The van der Waals surface area contributed by atoms with Crippen molar-refractivity contribution >= 4 is 29.2 Å². The van der Waals surface area contributed by atoms with Crippen LogP contribution < -0.4 is 10.6 Å². The third-order valence-electron chi connectivity index (χ3n) is 4.64. The summed E-state index contributed by atoms with van der Waals surface area (Å²) in [5, 5.41) is 16.3. The minimum atomic E-state index is -0.0666. The molecule has 0 fully saturated rings. The topological polar surface area (TPSA) is 67.1 Å². The summed E-state index contributed by atoms with van der Waals surface area (Å²) in [6.45, 7) is 5.00. The van der Waals surface area contributed by atoms with Crippen LogP contribution in [0.15, 0.2) is 53.5 Å². The Morgan fingerprint density at radius 2 is 1.90 bits per heavy atom. The van der Waals surface area contributed by atoms with Gasteiger partial charge in [-0.15, -0.1) is 10.2 Å².